The summed E-state index contributed by atoms with van der Waals surface area (Å²) in [6.45, 7) is 0. The van der Waals surface area contributed by atoms with Crippen LogP contribution in [0.3, 0.4) is 0 Å². The number of hydrogen-bond acceptors (Lipinski definition) is 3. The van der Waals surface area contributed by atoms with Gasteiger partial charge in [-0.2, -0.15) is 0 Å². The zero-order valence-electron chi connectivity index (χ0n) is 18.0. The van der Waals surface area contributed by atoms with Gasteiger partial charge in [0.05, 0.1) is 11.2 Å². The summed E-state index contributed by atoms with van der Waals surface area (Å²) >= 11 is 6.36. The molecule has 0 bridgehead atoms. The molecule has 0 N–H and O–H groups in total. The van der Waals surface area contributed by atoms with Crippen molar-refractivity contribution in [3.8, 4) is 22.4 Å². The number of hydrogen-bond donors (Lipinski definition) is 0. The van der Waals surface area contributed by atoms with Crippen molar-refractivity contribution in [3.05, 3.63) is 108 Å². The summed E-state index contributed by atoms with van der Waals surface area (Å²) < 4.78 is 6.01. The Morgan fingerprint density at radius 2 is 1.32 bits per heavy atom. The first kappa shape index (κ1) is 19.3. The maximum absolute atomic E-state index is 6.36. The van der Waals surface area contributed by atoms with Crippen LogP contribution >= 0.6 is 11.6 Å². The molecule has 2 heterocycles. The molecule has 0 saturated heterocycles. The second-order valence-electron chi connectivity index (χ2n) is 8.41. The van der Waals surface area contributed by atoms with E-state index in [1.54, 1.807) is 0 Å². The molecule has 5 aromatic carbocycles. The van der Waals surface area contributed by atoms with E-state index in [0.29, 0.717) is 0 Å². The van der Waals surface area contributed by atoms with Crippen LogP contribution in [0.5, 0.6) is 0 Å². The third-order valence-electron chi connectivity index (χ3n) is 6.41. The van der Waals surface area contributed by atoms with Crippen molar-refractivity contribution in [2.24, 2.45) is 0 Å². The fourth-order valence-electron chi connectivity index (χ4n) is 4.84. The first-order valence-electron chi connectivity index (χ1n) is 11.1. The smallest absolute Gasteiger partial charge is 0.223 e. The van der Waals surface area contributed by atoms with Gasteiger partial charge in [0.25, 0.3) is 0 Å². The second kappa shape index (κ2) is 7.41. The summed E-state index contributed by atoms with van der Waals surface area (Å²) in [5, 5.41) is 5.75. The predicted molar refractivity (Wildman–Crippen MR) is 140 cm³/mol. The van der Waals surface area contributed by atoms with Crippen molar-refractivity contribution in [1.29, 1.82) is 0 Å². The van der Waals surface area contributed by atoms with Gasteiger partial charge in [0.2, 0.25) is 5.28 Å². The van der Waals surface area contributed by atoms with Crippen LogP contribution in [-0.2, 0) is 0 Å². The van der Waals surface area contributed by atoms with Crippen LogP contribution in [0, 0.1) is 0 Å². The average molecular weight is 457 g/mol. The topological polar surface area (TPSA) is 38.9 Å². The largest absolute Gasteiger partial charge is 0.456 e. The monoisotopic (exact) mass is 456 g/mol. The van der Waals surface area contributed by atoms with Gasteiger partial charge in [0.1, 0.15) is 11.2 Å². The van der Waals surface area contributed by atoms with Crippen molar-refractivity contribution in [2.45, 2.75) is 0 Å². The van der Waals surface area contributed by atoms with Crippen LogP contribution in [0.15, 0.2) is 108 Å². The third kappa shape index (κ3) is 2.98. The molecule has 3 nitrogen and oxygen atoms in total. The van der Waals surface area contributed by atoms with E-state index >= 15 is 0 Å². The van der Waals surface area contributed by atoms with Crippen molar-refractivity contribution < 1.29 is 4.42 Å². The molecule has 0 spiro atoms. The van der Waals surface area contributed by atoms with Crippen LogP contribution in [0.2, 0.25) is 5.28 Å². The van der Waals surface area contributed by atoms with E-state index in [1.807, 2.05) is 42.5 Å². The molecule has 0 aliphatic heterocycles. The minimum atomic E-state index is 0.245. The van der Waals surface area contributed by atoms with Gasteiger partial charge in [-0.3, -0.25) is 0 Å². The molecule has 0 amide bonds. The molecule has 0 aliphatic carbocycles. The quantitative estimate of drug-likeness (QED) is 0.193. The van der Waals surface area contributed by atoms with Crippen molar-refractivity contribution in [2.75, 3.05) is 0 Å². The molecule has 0 atom stereocenters. The van der Waals surface area contributed by atoms with E-state index in [2.05, 4.69) is 70.6 Å². The summed E-state index contributed by atoms with van der Waals surface area (Å²) in [7, 11) is 0. The number of halogens is 1. The lowest BCUT2D eigenvalue weighted by molar-refractivity contribution is 0.669. The zero-order valence-corrected chi connectivity index (χ0v) is 18.8. The minimum absolute atomic E-state index is 0.245. The maximum atomic E-state index is 6.36. The van der Waals surface area contributed by atoms with Gasteiger partial charge in [-0.25, -0.2) is 9.97 Å². The third-order valence-corrected chi connectivity index (χ3v) is 6.58. The van der Waals surface area contributed by atoms with Crippen LogP contribution in [0.4, 0.5) is 0 Å². The normalized spacial score (nSPS) is 11.7. The first-order valence-corrected chi connectivity index (χ1v) is 11.5. The van der Waals surface area contributed by atoms with Crippen LogP contribution in [0.25, 0.3) is 66.0 Å². The Hall–Kier alpha value is -4.21. The molecular formula is C30H17ClN2O. The lowest BCUT2D eigenvalue weighted by Crippen LogP contribution is -1.93. The lowest BCUT2D eigenvalue weighted by atomic mass is 9.97. The molecule has 2 aromatic heterocycles. The Kier molecular flexibility index (Phi) is 4.20. The molecule has 0 aliphatic rings. The SMILES string of the molecule is Clc1nc(-c2cccc(-c3ccc4oc5ccccc5c4c3)c2)c2c(ccc3ccccc32)n1. The van der Waals surface area contributed by atoms with Crippen LogP contribution < -0.4 is 0 Å². The number of furan rings is 1. The van der Waals surface area contributed by atoms with Crippen molar-refractivity contribution in [1.82, 2.24) is 9.97 Å². The fraction of sp³-hybridized carbons (Fsp3) is 0. The number of nitrogens with zero attached hydrogens (tertiary/aromatic N) is 2. The van der Waals surface area contributed by atoms with E-state index in [-0.39, 0.29) is 5.28 Å². The highest BCUT2D eigenvalue weighted by molar-refractivity contribution is 6.29. The van der Waals surface area contributed by atoms with Gasteiger partial charge in [0, 0.05) is 21.7 Å². The second-order valence-corrected chi connectivity index (χ2v) is 8.75. The molecule has 0 unspecified atom stereocenters. The molecule has 7 rings (SSSR count). The average Bonchev–Trinajstić information content (AvgIpc) is 3.26. The van der Waals surface area contributed by atoms with Gasteiger partial charge >= 0.3 is 0 Å². The summed E-state index contributed by atoms with van der Waals surface area (Å²) in [4.78, 5) is 9.17. The standard InChI is InChI=1S/C30H17ClN2O/c31-30-32-25-14-12-18-6-1-2-9-22(18)28(25)29(33-30)21-8-5-7-19(16-21)20-13-15-27-24(17-20)23-10-3-4-11-26(23)34-27/h1-17H. The molecule has 7 aromatic rings. The first-order chi connectivity index (χ1) is 16.7. The summed E-state index contributed by atoms with van der Waals surface area (Å²) in [5.74, 6) is 0. The van der Waals surface area contributed by atoms with Crippen LogP contribution in [-0.4, -0.2) is 9.97 Å². The van der Waals surface area contributed by atoms with Crippen molar-refractivity contribution >= 4 is 55.2 Å². The molecule has 0 fully saturated rings. The Bertz CT molecular complexity index is 1890. The van der Waals surface area contributed by atoms with Crippen LogP contribution in [0.1, 0.15) is 0 Å². The van der Waals surface area contributed by atoms with E-state index in [9.17, 15) is 0 Å². The van der Waals surface area contributed by atoms with Crippen molar-refractivity contribution in [3.63, 3.8) is 0 Å². The highest BCUT2D eigenvalue weighted by Crippen LogP contribution is 2.36. The highest BCUT2D eigenvalue weighted by Gasteiger charge is 2.14. The Labute approximate surface area is 200 Å². The number of para-hydroxylation sites is 1. The van der Waals surface area contributed by atoms with Gasteiger partial charge in [-0.05, 0) is 63.8 Å². The Morgan fingerprint density at radius 3 is 2.26 bits per heavy atom. The van der Waals surface area contributed by atoms with Gasteiger partial charge < -0.3 is 4.42 Å². The lowest BCUT2D eigenvalue weighted by Gasteiger charge is -2.11. The molecule has 0 saturated carbocycles. The molecule has 0 radical (unpaired) electrons. The van der Waals surface area contributed by atoms with Gasteiger partial charge in [-0.15, -0.1) is 0 Å². The van der Waals surface area contributed by atoms with Gasteiger partial charge in [-0.1, -0.05) is 72.8 Å². The minimum Gasteiger partial charge on any atom is -0.456 e. The number of rotatable bonds is 2. The maximum Gasteiger partial charge on any atom is 0.223 e. The van der Waals surface area contributed by atoms with E-state index in [4.69, 9.17) is 16.0 Å². The zero-order chi connectivity index (χ0) is 22.6. The van der Waals surface area contributed by atoms with E-state index in [0.717, 1.165) is 66.0 Å². The fourth-order valence-corrected chi connectivity index (χ4v) is 5.01. The molecule has 4 heteroatoms. The highest BCUT2D eigenvalue weighted by atomic mass is 35.5. The molecular weight excluding hydrogens is 440 g/mol. The molecule has 34 heavy (non-hydrogen) atoms. The van der Waals surface area contributed by atoms with Gasteiger partial charge in [0.15, 0.2) is 0 Å². The summed E-state index contributed by atoms with van der Waals surface area (Å²) in [6.07, 6.45) is 0. The summed E-state index contributed by atoms with van der Waals surface area (Å²) in [5.41, 5.74) is 6.69. The number of fused-ring (bicyclic) bond motifs is 6. The Morgan fingerprint density at radius 1 is 0.559 bits per heavy atom. The number of aromatic nitrogens is 2. The predicted octanol–water partition coefficient (Wildman–Crippen LogP) is 8.67. The van der Waals surface area contributed by atoms with E-state index in [1.165, 1.54) is 0 Å². The number of benzene rings is 5. The molecule has 160 valence electrons. The Balaban J connectivity index is 1.45. The summed E-state index contributed by atoms with van der Waals surface area (Å²) in [6, 6.07) is 35.3. The van der Waals surface area contributed by atoms with E-state index < -0.39 is 0 Å².